The van der Waals surface area contributed by atoms with E-state index < -0.39 is 0 Å². The molecule has 0 amide bonds. The van der Waals surface area contributed by atoms with Gasteiger partial charge in [-0.15, -0.1) is 0 Å². The lowest BCUT2D eigenvalue weighted by Crippen LogP contribution is -2.36. The van der Waals surface area contributed by atoms with Crippen LogP contribution in [0.4, 0.5) is 5.69 Å². The molecule has 1 unspecified atom stereocenters. The van der Waals surface area contributed by atoms with Crippen LogP contribution in [0.3, 0.4) is 0 Å². The van der Waals surface area contributed by atoms with Crippen LogP contribution in [0.2, 0.25) is 0 Å². The molecule has 2 rings (SSSR count). The lowest BCUT2D eigenvalue weighted by molar-refractivity contribution is 0.313. The first-order valence-corrected chi connectivity index (χ1v) is 8.72. The summed E-state index contributed by atoms with van der Waals surface area (Å²) in [7, 11) is 2.29. The van der Waals surface area contributed by atoms with Crippen LogP contribution in [0.15, 0.2) is 24.3 Å². The van der Waals surface area contributed by atoms with Crippen molar-refractivity contribution in [2.45, 2.75) is 65.0 Å². The lowest BCUT2D eigenvalue weighted by Gasteiger charge is -2.37. The number of nitrogens with zero attached hydrogens (tertiary/aromatic N) is 1. The molecule has 0 aromatic heterocycles. The van der Waals surface area contributed by atoms with E-state index in [2.05, 4.69) is 62.3 Å². The van der Waals surface area contributed by atoms with E-state index in [1.165, 1.54) is 43.4 Å². The minimum atomic E-state index is 0.417. The van der Waals surface area contributed by atoms with Crippen LogP contribution in [-0.4, -0.2) is 19.6 Å². The third kappa shape index (κ3) is 4.00. The Morgan fingerprint density at radius 1 is 1.14 bits per heavy atom. The second kappa shape index (κ2) is 7.84. The van der Waals surface area contributed by atoms with Gasteiger partial charge in [-0.3, -0.25) is 0 Å². The van der Waals surface area contributed by atoms with Crippen LogP contribution >= 0.6 is 0 Å². The maximum absolute atomic E-state index is 3.55. The number of hydrogen-bond donors (Lipinski definition) is 1. The largest absolute Gasteiger partial charge is 0.371 e. The molecule has 0 bridgehead atoms. The Balaban J connectivity index is 2.10. The highest BCUT2D eigenvalue weighted by molar-refractivity contribution is 5.55. The van der Waals surface area contributed by atoms with Crippen molar-refractivity contribution in [3.8, 4) is 0 Å². The van der Waals surface area contributed by atoms with Gasteiger partial charge in [0.2, 0.25) is 0 Å². The van der Waals surface area contributed by atoms with Crippen molar-refractivity contribution in [3.63, 3.8) is 0 Å². The molecular weight excluding hydrogens is 256 g/mol. The molecule has 1 aliphatic carbocycles. The average molecular weight is 288 g/mol. The van der Waals surface area contributed by atoms with Crippen molar-refractivity contribution in [2.75, 3.05) is 18.5 Å². The van der Waals surface area contributed by atoms with Crippen molar-refractivity contribution in [1.29, 1.82) is 0 Å². The summed E-state index contributed by atoms with van der Waals surface area (Å²) in [6.45, 7) is 7.79. The van der Waals surface area contributed by atoms with E-state index in [1.807, 2.05) is 0 Å². The van der Waals surface area contributed by atoms with Gasteiger partial charge in [0, 0.05) is 24.8 Å². The Hall–Kier alpha value is -1.02. The maximum atomic E-state index is 3.55. The van der Waals surface area contributed by atoms with Crippen LogP contribution in [0.1, 0.15) is 64.5 Å². The average Bonchev–Trinajstić information content (AvgIpc) is 2.54. The second-order valence-corrected chi connectivity index (χ2v) is 6.53. The monoisotopic (exact) mass is 288 g/mol. The molecule has 0 heterocycles. The first-order chi connectivity index (χ1) is 10.2. The highest BCUT2D eigenvalue weighted by Gasteiger charge is 2.24. The van der Waals surface area contributed by atoms with Crippen molar-refractivity contribution < 1.29 is 0 Å². The van der Waals surface area contributed by atoms with Crippen LogP contribution in [0.25, 0.3) is 0 Å². The summed E-state index contributed by atoms with van der Waals surface area (Å²) in [5.41, 5.74) is 2.84. The molecule has 1 N–H and O–H groups in total. The summed E-state index contributed by atoms with van der Waals surface area (Å²) in [6, 6.07) is 10.0. The number of rotatable bonds is 6. The predicted molar refractivity (Wildman–Crippen MR) is 93.0 cm³/mol. The lowest BCUT2D eigenvalue weighted by atomic mass is 9.83. The fourth-order valence-electron chi connectivity index (χ4n) is 3.73. The van der Waals surface area contributed by atoms with Gasteiger partial charge >= 0.3 is 0 Å². The fourth-order valence-corrected chi connectivity index (χ4v) is 3.73. The molecule has 0 saturated heterocycles. The maximum Gasteiger partial charge on any atom is 0.0414 e. The molecule has 0 radical (unpaired) electrons. The standard InChI is InChI=1S/C19H32N2/c1-5-16-11-13-17(14-12-16)21(4)19-10-8-7-9-18(19)15(3)20-6-2/h7-10,15-17,20H,5-6,11-14H2,1-4H3. The topological polar surface area (TPSA) is 15.3 Å². The molecule has 118 valence electrons. The Morgan fingerprint density at radius 3 is 2.43 bits per heavy atom. The summed E-state index contributed by atoms with van der Waals surface area (Å²) in [5.74, 6) is 0.963. The van der Waals surface area contributed by atoms with Crippen LogP contribution in [0.5, 0.6) is 0 Å². The van der Waals surface area contributed by atoms with Crippen LogP contribution < -0.4 is 10.2 Å². The number of nitrogens with one attached hydrogen (secondary N) is 1. The Morgan fingerprint density at radius 2 is 1.81 bits per heavy atom. The van der Waals surface area contributed by atoms with Gasteiger partial charge in [0.05, 0.1) is 0 Å². The molecule has 0 aliphatic heterocycles. The zero-order chi connectivity index (χ0) is 15.2. The second-order valence-electron chi connectivity index (χ2n) is 6.53. The molecule has 1 aliphatic rings. The summed E-state index contributed by atoms with van der Waals surface area (Å²) >= 11 is 0. The highest BCUT2D eigenvalue weighted by Crippen LogP contribution is 2.33. The van der Waals surface area contributed by atoms with Gasteiger partial charge in [-0.1, -0.05) is 38.5 Å². The summed E-state index contributed by atoms with van der Waals surface area (Å²) in [6.07, 6.45) is 6.84. The first-order valence-electron chi connectivity index (χ1n) is 8.72. The molecule has 1 aromatic rings. The van der Waals surface area contributed by atoms with E-state index in [0.29, 0.717) is 12.1 Å². The van der Waals surface area contributed by atoms with Gasteiger partial charge in [-0.2, -0.15) is 0 Å². The van der Waals surface area contributed by atoms with E-state index in [9.17, 15) is 0 Å². The Labute approximate surface area is 130 Å². The van der Waals surface area contributed by atoms with Crippen molar-refractivity contribution in [3.05, 3.63) is 29.8 Å². The third-order valence-electron chi connectivity index (χ3n) is 5.23. The Kier molecular flexibility index (Phi) is 6.10. The molecule has 2 nitrogen and oxygen atoms in total. The minimum absolute atomic E-state index is 0.417. The zero-order valence-corrected chi connectivity index (χ0v) is 14.2. The molecule has 1 atom stereocenters. The van der Waals surface area contributed by atoms with E-state index in [-0.39, 0.29) is 0 Å². The third-order valence-corrected chi connectivity index (χ3v) is 5.23. The van der Waals surface area contributed by atoms with Crippen molar-refractivity contribution >= 4 is 5.69 Å². The molecule has 1 fully saturated rings. The molecule has 2 heteroatoms. The van der Waals surface area contributed by atoms with E-state index in [4.69, 9.17) is 0 Å². The van der Waals surface area contributed by atoms with Gasteiger partial charge < -0.3 is 10.2 Å². The van der Waals surface area contributed by atoms with Gasteiger partial charge in [-0.25, -0.2) is 0 Å². The van der Waals surface area contributed by atoms with Crippen LogP contribution in [-0.2, 0) is 0 Å². The SMILES string of the molecule is CCNC(C)c1ccccc1N(C)C1CCC(CC)CC1. The summed E-state index contributed by atoms with van der Waals surface area (Å²) in [5, 5.41) is 3.55. The molecule has 0 spiro atoms. The molecule has 1 saturated carbocycles. The summed E-state index contributed by atoms with van der Waals surface area (Å²) in [4.78, 5) is 2.54. The number of anilines is 1. The van der Waals surface area contributed by atoms with E-state index in [1.54, 1.807) is 0 Å². The highest BCUT2D eigenvalue weighted by atomic mass is 15.1. The number of para-hydroxylation sites is 1. The predicted octanol–water partition coefficient (Wildman–Crippen LogP) is 4.76. The Bertz CT molecular complexity index is 421. The minimum Gasteiger partial charge on any atom is -0.371 e. The number of hydrogen-bond acceptors (Lipinski definition) is 2. The fraction of sp³-hybridized carbons (Fsp3) is 0.684. The number of benzene rings is 1. The summed E-state index contributed by atoms with van der Waals surface area (Å²) < 4.78 is 0. The smallest absolute Gasteiger partial charge is 0.0414 e. The van der Waals surface area contributed by atoms with Crippen molar-refractivity contribution in [1.82, 2.24) is 5.32 Å². The normalized spacial score (nSPS) is 23.8. The first kappa shape index (κ1) is 16.4. The van der Waals surface area contributed by atoms with Gasteiger partial charge in [0.1, 0.15) is 0 Å². The van der Waals surface area contributed by atoms with Crippen LogP contribution in [0, 0.1) is 5.92 Å². The van der Waals surface area contributed by atoms with Crippen molar-refractivity contribution in [2.24, 2.45) is 5.92 Å². The molecular formula is C19H32N2. The molecule has 21 heavy (non-hydrogen) atoms. The molecule has 1 aromatic carbocycles. The zero-order valence-electron chi connectivity index (χ0n) is 14.2. The van der Waals surface area contributed by atoms with E-state index >= 15 is 0 Å². The van der Waals surface area contributed by atoms with E-state index in [0.717, 1.165) is 12.5 Å². The van der Waals surface area contributed by atoms with Gasteiger partial charge in [0.25, 0.3) is 0 Å². The quantitative estimate of drug-likeness (QED) is 0.811. The van der Waals surface area contributed by atoms with Gasteiger partial charge in [-0.05, 0) is 56.7 Å². The van der Waals surface area contributed by atoms with Gasteiger partial charge in [0.15, 0.2) is 0 Å².